The number of rotatable bonds is 3. The highest BCUT2D eigenvalue weighted by Crippen LogP contribution is 2.35. The molecule has 4 nitrogen and oxygen atoms in total. The molecule has 0 aliphatic carbocycles. The quantitative estimate of drug-likeness (QED) is 0.883. The van der Waals surface area contributed by atoms with E-state index in [0.717, 1.165) is 23.4 Å². The topological polar surface area (TPSA) is 55.6 Å². The molecule has 0 radical (unpaired) electrons. The number of likely N-dealkylation sites (N-methyl/N-ethyl adjacent to an activating group) is 1. The van der Waals surface area contributed by atoms with E-state index in [9.17, 15) is 4.79 Å². The lowest BCUT2D eigenvalue weighted by atomic mass is 10.0. The van der Waals surface area contributed by atoms with Crippen molar-refractivity contribution < 1.29 is 9.53 Å². The lowest BCUT2D eigenvalue weighted by Gasteiger charge is -2.34. The maximum Gasteiger partial charge on any atom is 0.268 e. The predicted octanol–water partition coefficient (Wildman–Crippen LogP) is 1.57. The molecule has 98 valence electrons. The Morgan fingerprint density at radius 2 is 2.17 bits per heavy atom. The Kier molecular flexibility index (Phi) is 3.57. The second-order valence-corrected chi connectivity index (χ2v) is 5.02. The van der Waals surface area contributed by atoms with Crippen molar-refractivity contribution in [1.82, 2.24) is 0 Å². The summed E-state index contributed by atoms with van der Waals surface area (Å²) in [6, 6.07) is 5.92. The van der Waals surface area contributed by atoms with Gasteiger partial charge in [0.15, 0.2) is 6.10 Å². The highest BCUT2D eigenvalue weighted by molar-refractivity contribution is 5.99. The summed E-state index contributed by atoms with van der Waals surface area (Å²) < 4.78 is 5.79. The maximum absolute atomic E-state index is 12.2. The van der Waals surface area contributed by atoms with Crippen LogP contribution in [0.25, 0.3) is 0 Å². The lowest BCUT2D eigenvalue weighted by molar-refractivity contribution is -0.127. The fourth-order valence-electron chi connectivity index (χ4n) is 2.16. The number of benzene rings is 1. The Hall–Kier alpha value is -1.55. The smallest absolute Gasteiger partial charge is 0.268 e. The van der Waals surface area contributed by atoms with Crippen LogP contribution in [0.15, 0.2) is 18.2 Å². The van der Waals surface area contributed by atoms with Crippen LogP contribution in [-0.2, 0) is 11.2 Å². The molecule has 1 unspecified atom stereocenters. The van der Waals surface area contributed by atoms with Crippen molar-refractivity contribution in [3.05, 3.63) is 23.8 Å². The van der Waals surface area contributed by atoms with Gasteiger partial charge in [-0.05, 0) is 36.6 Å². The Bertz CT molecular complexity index is 457. The van der Waals surface area contributed by atoms with E-state index in [1.165, 1.54) is 0 Å². The normalized spacial score (nSPS) is 18.8. The highest BCUT2D eigenvalue weighted by Gasteiger charge is 2.34. The number of amides is 1. The zero-order chi connectivity index (χ0) is 13.3. The number of nitrogens with two attached hydrogens (primary N) is 1. The largest absolute Gasteiger partial charge is 0.478 e. The molecular formula is C14H20N2O2. The number of hydrogen-bond donors (Lipinski definition) is 1. The van der Waals surface area contributed by atoms with Gasteiger partial charge in [0.05, 0.1) is 5.69 Å². The van der Waals surface area contributed by atoms with Crippen LogP contribution in [0, 0.1) is 5.92 Å². The minimum Gasteiger partial charge on any atom is -0.478 e. The van der Waals surface area contributed by atoms with Crippen molar-refractivity contribution in [2.75, 3.05) is 18.5 Å². The molecule has 1 aliphatic heterocycles. The molecule has 0 aromatic heterocycles. The van der Waals surface area contributed by atoms with Gasteiger partial charge in [-0.3, -0.25) is 4.79 Å². The van der Waals surface area contributed by atoms with Gasteiger partial charge in [-0.15, -0.1) is 0 Å². The van der Waals surface area contributed by atoms with Crippen LogP contribution in [0.4, 0.5) is 5.69 Å². The molecule has 1 atom stereocenters. The molecule has 4 heteroatoms. The number of carbonyl (C=O) groups excluding carboxylic acids is 1. The third-order valence-corrected chi connectivity index (χ3v) is 3.25. The summed E-state index contributed by atoms with van der Waals surface area (Å²) in [6.07, 6.45) is 0.422. The maximum atomic E-state index is 12.2. The monoisotopic (exact) mass is 248 g/mol. The molecule has 0 fully saturated rings. The number of nitrogens with zero attached hydrogens (tertiary/aromatic N) is 1. The molecule has 1 amide bonds. The average molecular weight is 248 g/mol. The second kappa shape index (κ2) is 4.98. The first-order valence-corrected chi connectivity index (χ1v) is 6.31. The van der Waals surface area contributed by atoms with Gasteiger partial charge in [-0.1, -0.05) is 19.9 Å². The first kappa shape index (κ1) is 12.9. The zero-order valence-corrected chi connectivity index (χ0v) is 11.1. The Labute approximate surface area is 108 Å². The molecule has 1 aromatic carbocycles. The van der Waals surface area contributed by atoms with Gasteiger partial charge in [0.1, 0.15) is 5.75 Å². The second-order valence-electron chi connectivity index (χ2n) is 5.02. The summed E-state index contributed by atoms with van der Waals surface area (Å²) in [5.74, 6) is 0.954. The van der Waals surface area contributed by atoms with E-state index in [4.69, 9.17) is 10.5 Å². The van der Waals surface area contributed by atoms with Gasteiger partial charge in [0, 0.05) is 7.05 Å². The standard InChI is InChI=1S/C14H20N2O2/c1-9(2)13-14(17)16(3)11-8-10(6-7-15)4-5-12(11)18-13/h4-5,8-9,13H,6-7,15H2,1-3H3. The average Bonchev–Trinajstić information content (AvgIpc) is 2.34. The van der Waals surface area contributed by atoms with Crippen LogP contribution in [0.3, 0.4) is 0 Å². The van der Waals surface area contributed by atoms with Crippen LogP contribution in [0.1, 0.15) is 19.4 Å². The Balaban J connectivity index is 2.36. The number of ether oxygens (including phenoxy) is 1. The fourth-order valence-corrected chi connectivity index (χ4v) is 2.16. The fraction of sp³-hybridized carbons (Fsp3) is 0.500. The first-order chi connectivity index (χ1) is 8.54. The number of carbonyl (C=O) groups is 1. The van der Waals surface area contributed by atoms with Gasteiger partial charge in [0.25, 0.3) is 5.91 Å². The van der Waals surface area contributed by atoms with E-state index >= 15 is 0 Å². The molecule has 0 saturated carbocycles. The van der Waals surface area contributed by atoms with E-state index in [1.54, 1.807) is 11.9 Å². The summed E-state index contributed by atoms with van der Waals surface area (Å²) >= 11 is 0. The van der Waals surface area contributed by atoms with E-state index in [-0.39, 0.29) is 17.9 Å². The van der Waals surface area contributed by atoms with Gasteiger partial charge >= 0.3 is 0 Å². The van der Waals surface area contributed by atoms with Crippen molar-refractivity contribution in [3.8, 4) is 5.75 Å². The minimum absolute atomic E-state index is 0.0161. The van der Waals surface area contributed by atoms with E-state index < -0.39 is 0 Å². The van der Waals surface area contributed by atoms with Crippen LogP contribution in [-0.4, -0.2) is 25.6 Å². The van der Waals surface area contributed by atoms with Crippen molar-refractivity contribution >= 4 is 11.6 Å². The summed E-state index contributed by atoms with van der Waals surface area (Å²) in [7, 11) is 1.80. The number of fused-ring (bicyclic) bond motifs is 1. The molecule has 2 N–H and O–H groups in total. The number of anilines is 1. The number of hydrogen-bond acceptors (Lipinski definition) is 3. The summed E-state index contributed by atoms with van der Waals surface area (Å²) in [6.45, 7) is 4.58. The SMILES string of the molecule is CC(C)C1Oc2ccc(CCN)cc2N(C)C1=O. The van der Waals surface area contributed by atoms with Crippen LogP contribution in [0.2, 0.25) is 0 Å². The summed E-state index contributed by atoms with van der Waals surface area (Å²) in [5, 5.41) is 0. The van der Waals surface area contributed by atoms with Crippen molar-refractivity contribution in [3.63, 3.8) is 0 Å². The van der Waals surface area contributed by atoms with E-state index in [1.807, 2.05) is 32.0 Å². The van der Waals surface area contributed by atoms with E-state index in [0.29, 0.717) is 6.54 Å². The zero-order valence-electron chi connectivity index (χ0n) is 11.1. The van der Waals surface area contributed by atoms with Crippen molar-refractivity contribution in [2.45, 2.75) is 26.4 Å². The minimum atomic E-state index is -0.386. The summed E-state index contributed by atoms with van der Waals surface area (Å²) in [5.41, 5.74) is 7.51. The van der Waals surface area contributed by atoms with Crippen molar-refractivity contribution in [1.29, 1.82) is 0 Å². The molecule has 0 bridgehead atoms. The van der Waals surface area contributed by atoms with Gasteiger partial charge < -0.3 is 15.4 Å². The highest BCUT2D eigenvalue weighted by atomic mass is 16.5. The van der Waals surface area contributed by atoms with Gasteiger partial charge in [-0.2, -0.15) is 0 Å². The van der Waals surface area contributed by atoms with Crippen LogP contribution in [0.5, 0.6) is 5.75 Å². The van der Waals surface area contributed by atoms with Gasteiger partial charge in [-0.25, -0.2) is 0 Å². The molecular weight excluding hydrogens is 228 g/mol. The van der Waals surface area contributed by atoms with Crippen LogP contribution < -0.4 is 15.4 Å². The summed E-state index contributed by atoms with van der Waals surface area (Å²) in [4.78, 5) is 13.9. The Morgan fingerprint density at radius 1 is 1.44 bits per heavy atom. The molecule has 18 heavy (non-hydrogen) atoms. The lowest BCUT2D eigenvalue weighted by Crippen LogP contribution is -2.46. The first-order valence-electron chi connectivity index (χ1n) is 6.31. The molecule has 1 aromatic rings. The van der Waals surface area contributed by atoms with Gasteiger partial charge in [0.2, 0.25) is 0 Å². The van der Waals surface area contributed by atoms with Crippen molar-refractivity contribution in [2.24, 2.45) is 11.7 Å². The molecule has 2 rings (SSSR count). The molecule has 0 spiro atoms. The Morgan fingerprint density at radius 3 is 2.78 bits per heavy atom. The molecule has 0 saturated heterocycles. The van der Waals surface area contributed by atoms with Crippen LogP contribution >= 0.6 is 0 Å². The molecule has 1 aliphatic rings. The van der Waals surface area contributed by atoms with E-state index in [2.05, 4.69) is 0 Å². The third-order valence-electron chi connectivity index (χ3n) is 3.25. The third kappa shape index (κ3) is 2.20. The predicted molar refractivity (Wildman–Crippen MR) is 71.9 cm³/mol. The molecule has 1 heterocycles.